The zero-order valence-corrected chi connectivity index (χ0v) is 18.6. The Bertz CT molecular complexity index is 1020. The van der Waals surface area contributed by atoms with Crippen LogP contribution in [0.4, 0.5) is 0 Å². The number of aromatic amines is 1. The Labute approximate surface area is 178 Å². The smallest absolute Gasteiger partial charge is 0.306 e. The van der Waals surface area contributed by atoms with Crippen molar-refractivity contribution in [3.8, 4) is 0 Å². The van der Waals surface area contributed by atoms with Gasteiger partial charge in [0.15, 0.2) is 0 Å². The molecule has 1 aromatic carbocycles. The summed E-state index contributed by atoms with van der Waals surface area (Å²) >= 11 is 0. The topological polar surface area (TPSA) is 79.5 Å². The van der Waals surface area contributed by atoms with Crippen LogP contribution < -0.4 is 0 Å². The number of aryl methyl sites for hydroxylation is 2. The second-order valence-electron chi connectivity index (χ2n) is 8.30. The summed E-state index contributed by atoms with van der Waals surface area (Å²) < 4.78 is 32.2. The van der Waals surface area contributed by atoms with E-state index >= 15 is 0 Å². The van der Waals surface area contributed by atoms with Crippen LogP contribution >= 0.6 is 0 Å². The fourth-order valence-electron chi connectivity index (χ4n) is 4.82. The number of esters is 1. The van der Waals surface area contributed by atoms with Crippen LogP contribution in [0.25, 0.3) is 0 Å². The van der Waals surface area contributed by atoms with Crippen molar-refractivity contribution in [3.05, 3.63) is 52.3 Å². The molecule has 30 heavy (non-hydrogen) atoms. The molecule has 4 rings (SSSR count). The Balaban J connectivity index is 1.53. The SMILES string of the molecule is CCOC(=O)CC1CCc2[nH]c(C)c(Cc3ccc(S(=O)(=O)N4CCCC4)cc3)c21. The quantitative estimate of drug-likeness (QED) is 0.680. The van der Waals surface area contributed by atoms with E-state index in [1.165, 1.54) is 16.8 Å². The van der Waals surface area contributed by atoms with Gasteiger partial charge >= 0.3 is 5.97 Å². The molecule has 0 bridgehead atoms. The van der Waals surface area contributed by atoms with Gasteiger partial charge in [0.25, 0.3) is 0 Å². The van der Waals surface area contributed by atoms with Crippen LogP contribution in [-0.4, -0.2) is 43.4 Å². The molecule has 1 aliphatic carbocycles. The Morgan fingerprint density at radius 1 is 1.20 bits per heavy atom. The molecule has 1 fully saturated rings. The van der Waals surface area contributed by atoms with Gasteiger partial charge in [-0.15, -0.1) is 0 Å². The Morgan fingerprint density at radius 2 is 1.90 bits per heavy atom. The van der Waals surface area contributed by atoms with Crippen molar-refractivity contribution < 1.29 is 17.9 Å². The fourth-order valence-corrected chi connectivity index (χ4v) is 6.34. The standard InChI is InChI=1S/C23H30N2O4S/c1-3-29-22(26)15-18-8-11-21-23(18)20(16(2)24-21)14-17-6-9-19(10-7-17)30(27,28)25-12-4-5-13-25/h6-7,9-10,18,24H,3-5,8,11-15H2,1-2H3. The average Bonchev–Trinajstić information content (AvgIpc) is 3.43. The molecule has 1 aliphatic heterocycles. The molecule has 0 radical (unpaired) electrons. The normalized spacial score (nSPS) is 19.2. The molecule has 2 aromatic rings. The van der Waals surface area contributed by atoms with Gasteiger partial charge in [-0.1, -0.05) is 12.1 Å². The number of ether oxygens (including phenoxy) is 1. The van der Waals surface area contributed by atoms with Gasteiger partial charge in [-0.2, -0.15) is 4.31 Å². The average molecular weight is 431 g/mol. The number of benzene rings is 1. The summed E-state index contributed by atoms with van der Waals surface area (Å²) in [7, 11) is -3.39. The Morgan fingerprint density at radius 3 is 2.57 bits per heavy atom. The molecule has 0 spiro atoms. The van der Waals surface area contributed by atoms with Crippen LogP contribution in [0.15, 0.2) is 29.2 Å². The molecule has 1 N–H and O–H groups in total. The largest absolute Gasteiger partial charge is 0.466 e. The highest BCUT2D eigenvalue weighted by molar-refractivity contribution is 7.89. The van der Waals surface area contributed by atoms with Gasteiger partial charge in [0.05, 0.1) is 17.9 Å². The summed E-state index contributed by atoms with van der Waals surface area (Å²) in [6.07, 6.45) is 4.91. The van der Waals surface area contributed by atoms with E-state index in [2.05, 4.69) is 11.9 Å². The van der Waals surface area contributed by atoms with Crippen LogP contribution in [0.1, 0.15) is 66.6 Å². The number of aromatic nitrogens is 1. The minimum Gasteiger partial charge on any atom is -0.466 e. The summed E-state index contributed by atoms with van der Waals surface area (Å²) in [5, 5.41) is 0. The van der Waals surface area contributed by atoms with E-state index in [9.17, 15) is 13.2 Å². The minimum absolute atomic E-state index is 0.142. The molecule has 7 heteroatoms. The second-order valence-corrected chi connectivity index (χ2v) is 10.2. The zero-order valence-electron chi connectivity index (χ0n) is 17.7. The first-order chi connectivity index (χ1) is 14.4. The lowest BCUT2D eigenvalue weighted by molar-refractivity contribution is -0.143. The number of rotatable bonds is 7. The van der Waals surface area contributed by atoms with Crippen molar-refractivity contribution >= 4 is 16.0 Å². The third kappa shape index (κ3) is 4.05. The van der Waals surface area contributed by atoms with E-state index in [0.29, 0.717) is 31.0 Å². The molecular weight excluding hydrogens is 400 g/mol. The number of hydrogen-bond acceptors (Lipinski definition) is 4. The third-order valence-corrected chi connectivity index (χ3v) is 8.23. The summed E-state index contributed by atoms with van der Waals surface area (Å²) in [5.41, 5.74) is 5.91. The molecule has 6 nitrogen and oxygen atoms in total. The number of nitrogens with one attached hydrogen (secondary N) is 1. The van der Waals surface area contributed by atoms with Crippen LogP contribution in [-0.2, 0) is 32.4 Å². The van der Waals surface area contributed by atoms with Crippen molar-refractivity contribution in [2.24, 2.45) is 0 Å². The molecule has 1 atom stereocenters. The van der Waals surface area contributed by atoms with Crippen molar-refractivity contribution in [2.45, 2.75) is 63.2 Å². The molecule has 0 amide bonds. The Hall–Kier alpha value is -2.12. The lowest BCUT2D eigenvalue weighted by Crippen LogP contribution is -2.27. The summed E-state index contributed by atoms with van der Waals surface area (Å²) in [5.74, 6) is 0.0467. The maximum Gasteiger partial charge on any atom is 0.306 e. The number of carbonyl (C=O) groups is 1. The van der Waals surface area contributed by atoms with Crippen molar-refractivity contribution in [1.82, 2.24) is 9.29 Å². The molecule has 2 aliphatic rings. The van der Waals surface area contributed by atoms with Crippen LogP contribution in [0.5, 0.6) is 0 Å². The first-order valence-electron chi connectivity index (χ1n) is 10.8. The molecule has 1 aromatic heterocycles. The molecule has 2 heterocycles. The predicted molar refractivity (Wildman–Crippen MR) is 115 cm³/mol. The zero-order chi connectivity index (χ0) is 21.3. The summed E-state index contributed by atoms with van der Waals surface area (Å²) in [6.45, 7) is 5.53. The van der Waals surface area contributed by atoms with E-state index in [0.717, 1.165) is 43.4 Å². The molecule has 1 saturated heterocycles. The van der Waals surface area contributed by atoms with Crippen molar-refractivity contribution in [2.75, 3.05) is 19.7 Å². The number of carbonyl (C=O) groups excluding carboxylic acids is 1. The highest BCUT2D eigenvalue weighted by Crippen LogP contribution is 2.40. The van der Waals surface area contributed by atoms with Gasteiger partial charge < -0.3 is 9.72 Å². The van der Waals surface area contributed by atoms with Crippen LogP contribution in [0, 0.1) is 6.92 Å². The molecule has 162 valence electrons. The lowest BCUT2D eigenvalue weighted by atomic mass is 9.92. The van der Waals surface area contributed by atoms with Gasteiger partial charge in [-0.3, -0.25) is 4.79 Å². The first kappa shape index (κ1) is 21.1. The van der Waals surface area contributed by atoms with E-state index in [1.54, 1.807) is 16.4 Å². The predicted octanol–water partition coefficient (Wildman–Crippen LogP) is 3.68. The van der Waals surface area contributed by atoms with Crippen molar-refractivity contribution in [1.29, 1.82) is 0 Å². The number of nitrogens with zero attached hydrogens (tertiary/aromatic N) is 1. The van der Waals surface area contributed by atoms with E-state index in [4.69, 9.17) is 4.74 Å². The molecular formula is C23H30N2O4S. The van der Waals surface area contributed by atoms with Gasteiger partial charge in [-0.05, 0) is 80.7 Å². The van der Waals surface area contributed by atoms with Gasteiger partial charge in [-0.25, -0.2) is 8.42 Å². The summed E-state index contributed by atoms with van der Waals surface area (Å²) in [6, 6.07) is 7.27. The van der Waals surface area contributed by atoms with Gasteiger partial charge in [0.2, 0.25) is 10.0 Å². The fraction of sp³-hybridized carbons (Fsp3) is 0.522. The first-order valence-corrected chi connectivity index (χ1v) is 12.3. The minimum atomic E-state index is -3.39. The summed E-state index contributed by atoms with van der Waals surface area (Å²) in [4.78, 5) is 15.9. The second kappa shape index (κ2) is 8.55. The number of hydrogen-bond donors (Lipinski definition) is 1. The molecule has 0 saturated carbocycles. The maximum absolute atomic E-state index is 12.7. The highest BCUT2D eigenvalue weighted by Gasteiger charge is 2.31. The van der Waals surface area contributed by atoms with Crippen LogP contribution in [0.3, 0.4) is 0 Å². The number of sulfonamides is 1. The number of H-pyrrole nitrogens is 1. The highest BCUT2D eigenvalue weighted by atomic mass is 32.2. The molecule has 1 unspecified atom stereocenters. The van der Waals surface area contributed by atoms with E-state index < -0.39 is 10.0 Å². The monoisotopic (exact) mass is 430 g/mol. The van der Waals surface area contributed by atoms with E-state index in [1.807, 2.05) is 19.1 Å². The van der Waals surface area contributed by atoms with Crippen molar-refractivity contribution in [3.63, 3.8) is 0 Å². The van der Waals surface area contributed by atoms with E-state index in [-0.39, 0.29) is 11.9 Å². The Kier molecular flexibility index (Phi) is 6.02. The van der Waals surface area contributed by atoms with Gasteiger partial charge in [0.1, 0.15) is 0 Å². The lowest BCUT2D eigenvalue weighted by Gasteiger charge is -2.16. The van der Waals surface area contributed by atoms with Gasteiger partial charge in [0, 0.05) is 24.5 Å². The van der Waals surface area contributed by atoms with Crippen LogP contribution in [0.2, 0.25) is 0 Å². The maximum atomic E-state index is 12.7. The third-order valence-electron chi connectivity index (χ3n) is 6.32. The number of fused-ring (bicyclic) bond motifs is 1.